The largest absolute Gasteiger partial charge is 0.480 e. The predicted molar refractivity (Wildman–Crippen MR) is 60.9 cm³/mol. The number of carbonyl (C=O) groups is 2. The molecule has 5 nitrogen and oxygen atoms in total. The van der Waals surface area contributed by atoms with E-state index in [1.807, 2.05) is 0 Å². The summed E-state index contributed by atoms with van der Waals surface area (Å²) in [7, 11) is 0. The summed E-state index contributed by atoms with van der Waals surface area (Å²) in [6.07, 6.45) is 3.03. The molecular formula is C11H11ClN2O3. The van der Waals surface area contributed by atoms with Gasteiger partial charge in [0.1, 0.15) is 11.7 Å². The molecule has 1 aliphatic rings. The molecule has 6 heteroatoms. The third-order valence-electron chi connectivity index (χ3n) is 2.61. The van der Waals surface area contributed by atoms with E-state index in [-0.39, 0.29) is 11.6 Å². The fourth-order valence-electron chi connectivity index (χ4n) is 1.54. The lowest BCUT2D eigenvalue weighted by Gasteiger charge is -2.12. The molecule has 1 aromatic rings. The number of nitrogens with zero attached hydrogens (tertiary/aromatic N) is 1. The summed E-state index contributed by atoms with van der Waals surface area (Å²) in [5.41, 5.74) is 0.168. The number of pyridine rings is 1. The maximum atomic E-state index is 11.7. The number of carboxylic acid groups (broad SMARTS) is 1. The second-order valence-electron chi connectivity index (χ2n) is 3.99. The number of carbonyl (C=O) groups excluding carboxylic acids is 1. The van der Waals surface area contributed by atoms with Gasteiger partial charge >= 0.3 is 5.97 Å². The maximum absolute atomic E-state index is 11.7. The molecule has 0 radical (unpaired) electrons. The lowest BCUT2D eigenvalue weighted by atomic mass is 10.2. The molecular weight excluding hydrogens is 244 g/mol. The molecule has 1 atom stereocenters. The first-order chi connectivity index (χ1) is 8.08. The molecule has 1 heterocycles. The summed E-state index contributed by atoms with van der Waals surface area (Å²) in [4.78, 5) is 26.5. The van der Waals surface area contributed by atoms with Crippen LogP contribution in [-0.2, 0) is 4.79 Å². The molecule has 1 aliphatic carbocycles. The van der Waals surface area contributed by atoms with Crippen molar-refractivity contribution in [1.82, 2.24) is 10.3 Å². The first kappa shape index (κ1) is 11.9. The van der Waals surface area contributed by atoms with Crippen LogP contribution >= 0.6 is 11.6 Å². The maximum Gasteiger partial charge on any atom is 0.326 e. The van der Waals surface area contributed by atoms with Gasteiger partial charge in [0.15, 0.2) is 0 Å². The Morgan fingerprint density at radius 1 is 1.47 bits per heavy atom. The second-order valence-corrected chi connectivity index (χ2v) is 4.42. The smallest absolute Gasteiger partial charge is 0.326 e. The van der Waals surface area contributed by atoms with Gasteiger partial charge in [0, 0.05) is 6.20 Å². The number of amides is 1. The Bertz CT molecular complexity index is 443. The number of aliphatic carboxylic acids is 1. The Morgan fingerprint density at radius 2 is 2.18 bits per heavy atom. The molecule has 2 rings (SSSR count). The van der Waals surface area contributed by atoms with Crippen molar-refractivity contribution in [3.8, 4) is 0 Å². The highest BCUT2D eigenvalue weighted by atomic mass is 35.5. The highest BCUT2D eigenvalue weighted by Crippen LogP contribution is 2.32. The number of hydrogen-bond donors (Lipinski definition) is 2. The highest BCUT2D eigenvalue weighted by molar-refractivity contribution is 6.30. The van der Waals surface area contributed by atoms with Crippen LogP contribution in [0, 0.1) is 5.92 Å². The van der Waals surface area contributed by atoms with E-state index in [9.17, 15) is 9.59 Å². The monoisotopic (exact) mass is 254 g/mol. The Hall–Kier alpha value is -1.62. The summed E-state index contributed by atoms with van der Waals surface area (Å²) < 4.78 is 0. The van der Waals surface area contributed by atoms with Crippen LogP contribution in [0.4, 0.5) is 0 Å². The summed E-state index contributed by atoms with van der Waals surface area (Å²) in [5, 5.41) is 11.9. The van der Waals surface area contributed by atoms with E-state index in [0.717, 1.165) is 12.8 Å². The molecule has 17 heavy (non-hydrogen) atoms. The van der Waals surface area contributed by atoms with Gasteiger partial charge in [0.25, 0.3) is 5.91 Å². The molecule has 0 aliphatic heterocycles. The van der Waals surface area contributed by atoms with Crippen LogP contribution in [0.15, 0.2) is 18.3 Å². The molecule has 1 unspecified atom stereocenters. The van der Waals surface area contributed by atoms with Crippen LogP contribution in [-0.4, -0.2) is 28.0 Å². The minimum Gasteiger partial charge on any atom is -0.480 e. The van der Waals surface area contributed by atoms with Gasteiger partial charge in [-0.15, -0.1) is 0 Å². The van der Waals surface area contributed by atoms with Crippen LogP contribution < -0.4 is 5.32 Å². The third-order valence-corrected chi connectivity index (χ3v) is 2.83. The first-order valence-electron chi connectivity index (χ1n) is 5.23. The quantitative estimate of drug-likeness (QED) is 0.850. The van der Waals surface area contributed by atoms with Crippen molar-refractivity contribution in [3.63, 3.8) is 0 Å². The number of aromatic nitrogens is 1. The molecule has 1 fully saturated rings. The number of nitrogens with one attached hydrogen (secondary N) is 1. The number of hydrogen-bond acceptors (Lipinski definition) is 3. The van der Waals surface area contributed by atoms with Crippen molar-refractivity contribution < 1.29 is 14.7 Å². The minimum atomic E-state index is -1.00. The van der Waals surface area contributed by atoms with Gasteiger partial charge < -0.3 is 10.4 Å². The van der Waals surface area contributed by atoms with E-state index in [0.29, 0.717) is 5.02 Å². The minimum absolute atomic E-state index is 0.0451. The van der Waals surface area contributed by atoms with E-state index in [1.165, 1.54) is 18.3 Å². The highest BCUT2D eigenvalue weighted by Gasteiger charge is 2.37. The SMILES string of the molecule is O=C(NC(C(=O)O)C1CC1)c1ccc(Cl)cn1. The molecule has 90 valence electrons. The molecule has 1 saturated carbocycles. The fourth-order valence-corrected chi connectivity index (χ4v) is 1.65. The van der Waals surface area contributed by atoms with Gasteiger partial charge in [-0.2, -0.15) is 0 Å². The van der Waals surface area contributed by atoms with Crippen LogP contribution in [0.5, 0.6) is 0 Å². The number of carboxylic acids is 1. The van der Waals surface area contributed by atoms with Crippen LogP contribution in [0.25, 0.3) is 0 Å². The zero-order chi connectivity index (χ0) is 12.4. The zero-order valence-corrected chi connectivity index (χ0v) is 9.65. The van der Waals surface area contributed by atoms with Gasteiger partial charge in [0.05, 0.1) is 5.02 Å². The van der Waals surface area contributed by atoms with Gasteiger partial charge in [-0.25, -0.2) is 9.78 Å². The predicted octanol–water partition coefficient (Wildman–Crippen LogP) is 1.33. The van der Waals surface area contributed by atoms with Gasteiger partial charge in [0.2, 0.25) is 0 Å². The van der Waals surface area contributed by atoms with Gasteiger partial charge in [-0.1, -0.05) is 11.6 Å². The summed E-state index contributed by atoms with van der Waals surface area (Å²) in [5.74, 6) is -1.44. The van der Waals surface area contributed by atoms with Crippen LogP contribution in [0.1, 0.15) is 23.3 Å². The van der Waals surface area contributed by atoms with Crippen LogP contribution in [0.3, 0.4) is 0 Å². The topological polar surface area (TPSA) is 79.3 Å². The first-order valence-corrected chi connectivity index (χ1v) is 5.61. The van der Waals surface area contributed by atoms with E-state index >= 15 is 0 Å². The average Bonchev–Trinajstić information content (AvgIpc) is 3.10. The lowest BCUT2D eigenvalue weighted by Crippen LogP contribution is -2.42. The van der Waals surface area contributed by atoms with Crippen molar-refractivity contribution >= 4 is 23.5 Å². The van der Waals surface area contributed by atoms with E-state index in [2.05, 4.69) is 10.3 Å². The Balaban J connectivity index is 2.04. The summed E-state index contributed by atoms with van der Waals surface area (Å²) in [6, 6.07) is 2.18. The summed E-state index contributed by atoms with van der Waals surface area (Å²) >= 11 is 5.64. The molecule has 0 saturated heterocycles. The molecule has 0 spiro atoms. The van der Waals surface area contributed by atoms with Gasteiger partial charge in [-0.05, 0) is 30.9 Å². The number of rotatable bonds is 4. The Morgan fingerprint density at radius 3 is 2.65 bits per heavy atom. The standard InChI is InChI=1S/C11H11ClN2O3/c12-7-3-4-8(13-5-7)10(15)14-9(11(16)17)6-1-2-6/h3-6,9H,1-2H2,(H,14,15)(H,16,17). The lowest BCUT2D eigenvalue weighted by molar-refractivity contribution is -0.139. The normalized spacial score (nSPS) is 16.3. The second kappa shape index (κ2) is 4.71. The van der Waals surface area contributed by atoms with E-state index in [4.69, 9.17) is 16.7 Å². The molecule has 0 aromatic carbocycles. The Labute approximate surface area is 103 Å². The van der Waals surface area contributed by atoms with Crippen molar-refractivity contribution in [2.75, 3.05) is 0 Å². The molecule has 1 amide bonds. The zero-order valence-electron chi connectivity index (χ0n) is 8.89. The van der Waals surface area contributed by atoms with E-state index < -0.39 is 17.9 Å². The Kier molecular flexibility index (Phi) is 3.28. The average molecular weight is 255 g/mol. The van der Waals surface area contributed by atoms with Crippen molar-refractivity contribution in [1.29, 1.82) is 0 Å². The van der Waals surface area contributed by atoms with Crippen molar-refractivity contribution in [2.45, 2.75) is 18.9 Å². The molecule has 0 bridgehead atoms. The van der Waals surface area contributed by atoms with Crippen LogP contribution in [0.2, 0.25) is 5.02 Å². The number of halogens is 1. The molecule has 1 aromatic heterocycles. The third kappa shape index (κ3) is 2.94. The van der Waals surface area contributed by atoms with E-state index in [1.54, 1.807) is 0 Å². The molecule has 2 N–H and O–H groups in total. The van der Waals surface area contributed by atoms with Gasteiger partial charge in [-0.3, -0.25) is 4.79 Å². The van der Waals surface area contributed by atoms with Crippen molar-refractivity contribution in [3.05, 3.63) is 29.0 Å². The fraction of sp³-hybridized carbons (Fsp3) is 0.364. The summed E-state index contributed by atoms with van der Waals surface area (Å²) in [6.45, 7) is 0. The van der Waals surface area contributed by atoms with Crippen molar-refractivity contribution in [2.24, 2.45) is 5.92 Å².